The Morgan fingerprint density at radius 3 is 2.60 bits per heavy atom. The van der Waals surface area contributed by atoms with Crippen molar-refractivity contribution in [2.75, 3.05) is 44.8 Å². The Morgan fingerprint density at radius 1 is 1.16 bits per heavy atom. The summed E-state index contributed by atoms with van der Waals surface area (Å²) >= 11 is 0. The predicted molar refractivity (Wildman–Crippen MR) is 153 cm³/mol. The van der Waals surface area contributed by atoms with Crippen LogP contribution in [0.4, 0.5) is 18.9 Å². The van der Waals surface area contributed by atoms with Crippen LogP contribution in [0.3, 0.4) is 0 Å². The molecule has 5 rings (SSSR count). The summed E-state index contributed by atoms with van der Waals surface area (Å²) in [7, 11) is 0. The summed E-state index contributed by atoms with van der Waals surface area (Å²) in [4.78, 5) is 13.4. The number of amides is 1. The van der Waals surface area contributed by atoms with Gasteiger partial charge in [-0.2, -0.15) is 0 Å². The molecule has 0 bridgehead atoms. The zero-order valence-electron chi connectivity index (χ0n) is 24.1. The molecular weight excluding hydrogens is 569 g/mol. The maximum Gasteiger partial charge on any atom is 0.586 e. The number of halogens is 3. The second kappa shape index (κ2) is 12.0. The second-order valence-corrected chi connectivity index (χ2v) is 11.7. The van der Waals surface area contributed by atoms with Crippen LogP contribution in [0.15, 0.2) is 36.4 Å². The first-order valence-electron chi connectivity index (χ1n) is 14.2. The van der Waals surface area contributed by atoms with Crippen LogP contribution < -0.4 is 25.8 Å². The summed E-state index contributed by atoms with van der Waals surface area (Å²) in [6.45, 7) is 5.75. The molecule has 1 unspecified atom stereocenters. The van der Waals surface area contributed by atoms with Crippen molar-refractivity contribution in [3.8, 4) is 11.5 Å². The summed E-state index contributed by atoms with van der Waals surface area (Å²) < 4.78 is 58.6. The van der Waals surface area contributed by atoms with Gasteiger partial charge in [0.1, 0.15) is 5.82 Å². The van der Waals surface area contributed by atoms with Gasteiger partial charge < -0.3 is 45.4 Å². The van der Waals surface area contributed by atoms with E-state index in [0.29, 0.717) is 61.3 Å². The van der Waals surface area contributed by atoms with Gasteiger partial charge in [0.15, 0.2) is 11.5 Å². The molecule has 0 saturated heterocycles. The largest absolute Gasteiger partial charge is 0.586 e. The van der Waals surface area contributed by atoms with Crippen molar-refractivity contribution in [3.05, 3.63) is 53.5 Å². The molecule has 0 spiro atoms. The summed E-state index contributed by atoms with van der Waals surface area (Å²) in [5.74, 6) is -1.43. The van der Waals surface area contributed by atoms with Crippen LogP contribution in [0.1, 0.15) is 37.9 Å². The zero-order valence-corrected chi connectivity index (χ0v) is 24.1. The number of aromatic nitrogens is 1. The van der Waals surface area contributed by atoms with Crippen LogP contribution in [0.25, 0.3) is 10.9 Å². The minimum absolute atomic E-state index is 0.0405. The molecule has 10 nitrogen and oxygen atoms in total. The van der Waals surface area contributed by atoms with E-state index in [9.17, 15) is 23.8 Å². The molecule has 13 heteroatoms. The van der Waals surface area contributed by atoms with E-state index in [4.69, 9.17) is 10.5 Å². The number of alkyl halides is 2. The van der Waals surface area contributed by atoms with Gasteiger partial charge in [0.05, 0.1) is 49.1 Å². The molecule has 1 aromatic heterocycles. The van der Waals surface area contributed by atoms with Gasteiger partial charge in [0, 0.05) is 42.2 Å². The fourth-order valence-electron chi connectivity index (χ4n) is 5.35. The van der Waals surface area contributed by atoms with Crippen LogP contribution >= 0.6 is 0 Å². The third-order valence-electron chi connectivity index (χ3n) is 7.92. The molecular formula is C30H37F3N4O6. The quantitative estimate of drug-likeness (QED) is 0.177. The highest BCUT2D eigenvalue weighted by atomic mass is 19.3. The minimum atomic E-state index is -3.77. The van der Waals surface area contributed by atoms with E-state index in [1.165, 1.54) is 30.3 Å². The SMILES string of the molecule is CC(C)(CO)c1cc2cc(NC(=O)C3(c4ccc5c(c4)OC(F)(F)O5)CC3)c(F)cc2n1CC(O)CNCCOCCN. The number of aliphatic hydroxyl groups excluding tert-OH is 2. The van der Waals surface area contributed by atoms with Gasteiger partial charge in [-0.25, -0.2) is 4.39 Å². The molecule has 1 aliphatic heterocycles. The van der Waals surface area contributed by atoms with Crippen LogP contribution in [-0.2, 0) is 26.9 Å². The number of nitrogens with one attached hydrogen (secondary N) is 2. The number of hydrogen-bond donors (Lipinski definition) is 5. The maximum atomic E-state index is 15.5. The standard InChI is InChI=1S/C30H37F3N4O6/c1-28(2,17-38)26-12-18-11-22(21(31)14-23(18)37(26)16-20(39)15-35-8-10-41-9-7-34)36-27(40)29(5-6-29)19-3-4-24-25(13-19)43-30(32,33)42-24/h3-4,11-14,20,35,38-39H,5-10,15-17,34H2,1-2H3,(H,36,40). The van der Waals surface area contributed by atoms with E-state index >= 15 is 4.39 Å². The minimum Gasteiger partial charge on any atom is -0.395 e. The molecule has 1 amide bonds. The highest BCUT2D eigenvalue weighted by Gasteiger charge is 2.53. The Labute approximate surface area is 246 Å². The van der Waals surface area contributed by atoms with Gasteiger partial charge >= 0.3 is 6.29 Å². The molecule has 0 radical (unpaired) electrons. The average Bonchev–Trinajstić information content (AvgIpc) is 3.61. The second-order valence-electron chi connectivity index (χ2n) is 11.7. The van der Waals surface area contributed by atoms with E-state index in [2.05, 4.69) is 20.1 Å². The number of carbonyl (C=O) groups excluding carboxylic acids is 1. The molecule has 1 fully saturated rings. The number of fused-ring (bicyclic) bond motifs is 2. The highest BCUT2D eigenvalue weighted by molar-refractivity contribution is 6.03. The molecule has 43 heavy (non-hydrogen) atoms. The van der Waals surface area contributed by atoms with Crippen LogP contribution in [-0.4, -0.2) is 72.5 Å². The van der Waals surface area contributed by atoms with E-state index in [1.54, 1.807) is 4.57 Å². The molecule has 1 saturated carbocycles. The lowest BCUT2D eigenvalue weighted by atomic mass is 9.90. The van der Waals surface area contributed by atoms with Gasteiger partial charge in [-0.15, -0.1) is 8.78 Å². The number of rotatable bonds is 14. The number of hydrogen-bond acceptors (Lipinski definition) is 8. The average molecular weight is 607 g/mol. The molecule has 2 aromatic carbocycles. The van der Waals surface area contributed by atoms with Crippen molar-refractivity contribution in [2.45, 2.75) is 56.5 Å². The van der Waals surface area contributed by atoms with Gasteiger partial charge in [-0.3, -0.25) is 4.79 Å². The molecule has 2 aliphatic rings. The van der Waals surface area contributed by atoms with Crippen molar-refractivity contribution in [1.82, 2.24) is 9.88 Å². The molecule has 3 aromatic rings. The fourth-order valence-corrected chi connectivity index (χ4v) is 5.35. The number of aliphatic hydroxyl groups is 2. The predicted octanol–water partition coefficient (Wildman–Crippen LogP) is 2.97. The monoisotopic (exact) mass is 606 g/mol. The summed E-state index contributed by atoms with van der Waals surface area (Å²) in [5.41, 5.74) is 5.29. The number of carbonyl (C=O) groups is 1. The van der Waals surface area contributed by atoms with Gasteiger partial charge in [0.2, 0.25) is 5.91 Å². The van der Waals surface area contributed by atoms with Crippen LogP contribution in [0.2, 0.25) is 0 Å². The van der Waals surface area contributed by atoms with Crippen molar-refractivity contribution >= 4 is 22.5 Å². The van der Waals surface area contributed by atoms with E-state index in [0.717, 1.165) is 0 Å². The topological polar surface area (TPSA) is 140 Å². The number of nitrogens with two attached hydrogens (primary N) is 1. The van der Waals surface area contributed by atoms with Crippen molar-refractivity contribution < 1.29 is 42.4 Å². The van der Waals surface area contributed by atoms with Crippen LogP contribution in [0.5, 0.6) is 11.5 Å². The van der Waals surface area contributed by atoms with Gasteiger partial charge in [-0.05, 0) is 42.7 Å². The molecule has 2 heterocycles. The smallest absolute Gasteiger partial charge is 0.395 e. The van der Waals surface area contributed by atoms with Gasteiger partial charge in [-0.1, -0.05) is 19.9 Å². The van der Waals surface area contributed by atoms with Crippen molar-refractivity contribution in [2.24, 2.45) is 5.73 Å². The number of anilines is 1. The number of benzene rings is 2. The molecule has 234 valence electrons. The molecule has 6 N–H and O–H groups in total. The Kier molecular flexibility index (Phi) is 8.65. The van der Waals surface area contributed by atoms with Gasteiger partial charge in [0.25, 0.3) is 0 Å². The third-order valence-corrected chi connectivity index (χ3v) is 7.92. The fraction of sp³-hybridized carbons (Fsp3) is 0.500. The van der Waals surface area contributed by atoms with E-state index in [-0.39, 0.29) is 36.9 Å². The first kappa shape index (κ1) is 31.1. The Balaban J connectivity index is 1.36. The Morgan fingerprint density at radius 2 is 1.91 bits per heavy atom. The maximum absolute atomic E-state index is 15.5. The molecule has 1 aliphatic carbocycles. The first-order chi connectivity index (χ1) is 20.4. The first-order valence-corrected chi connectivity index (χ1v) is 14.2. The summed E-state index contributed by atoms with van der Waals surface area (Å²) in [6, 6.07) is 8.85. The zero-order chi connectivity index (χ0) is 31.0. The van der Waals surface area contributed by atoms with E-state index < -0.39 is 35.0 Å². The van der Waals surface area contributed by atoms with Crippen molar-refractivity contribution in [1.29, 1.82) is 0 Å². The van der Waals surface area contributed by atoms with Crippen molar-refractivity contribution in [3.63, 3.8) is 0 Å². The Hall–Kier alpha value is -3.36. The summed E-state index contributed by atoms with van der Waals surface area (Å²) in [6.07, 6.45) is -3.69. The number of nitrogens with zero attached hydrogens (tertiary/aromatic N) is 1. The van der Waals surface area contributed by atoms with E-state index in [1.807, 2.05) is 19.9 Å². The lowest BCUT2D eigenvalue weighted by Gasteiger charge is -2.26. The Bertz CT molecular complexity index is 1490. The third kappa shape index (κ3) is 6.46. The summed E-state index contributed by atoms with van der Waals surface area (Å²) in [5, 5.41) is 27.3. The lowest BCUT2D eigenvalue weighted by molar-refractivity contribution is -0.286. The highest BCUT2D eigenvalue weighted by Crippen LogP contribution is 2.52. The molecule has 1 atom stereocenters. The van der Waals surface area contributed by atoms with Crippen LogP contribution in [0, 0.1) is 5.82 Å². The number of ether oxygens (including phenoxy) is 3. The lowest BCUT2D eigenvalue weighted by Crippen LogP contribution is -2.34. The normalized spacial score (nSPS) is 17.3.